The van der Waals surface area contributed by atoms with E-state index in [1.54, 1.807) is 0 Å². The van der Waals surface area contributed by atoms with E-state index in [1.165, 1.54) is 11.1 Å². The van der Waals surface area contributed by atoms with Gasteiger partial charge < -0.3 is 14.6 Å². The molecule has 2 aliphatic heterocycles. The van der Waals surface area contributed by atoms with Crippen LogP contribution in [0.3, 0.4) is 0 Å². The molecule has 23 heavy (non-hydrogen) atoms. The lowest BCUT2D eigenvalue weighted by Crippen LogP contribution is -2.46. The molecule has 6 heteroatoms. The van der Waals surface area contributed by atoms with E-state index in [-0.39, 0.29) is 0 Å². The molecule has 122 valence electrons. The molecule has 3 heterocycles. The van der Waals surface area contributed by atoms with Crippen LogP contribution in [0.5, 0.6) is 5.75 Å². The van der Waals surface area contributed by atoms with Crippen LogP contribution >= 0.6 is 15.9 Å². The number of rotatable bonds is 3. The molecule has 2 aromatic rings. The van der Waals surface area contributed by atoms with E-state index in [9.17, 15) is 0 Å². The number of hydrogen-bond donors (Lipinski definition) is 1. The summed E-state index contributed by atoms with van der Waals surface area (Å²) in [6.07, 6.45) is 4.90. The highest BCUT2D eigenvalue weighted by molar-refractivity contribution is 9.10. The number of aromatic nitrogens is 2. The summed E-state index contributed by atoms with van der Waals surface area (Å²) in [7, 11) is 2.06. The number of halogens is 1. The van der Waals surface area contributed by atoms with E-state index in [4.69, 9.17) is 4.74 Å². The van der Waals surface area contributed by atoms with Crippen LogP contribution < -0.4 is 10.1 Å². The van der Waals surface area contributed by atoms with Gasteiger partial charge in [-0.25, -0.2) is 4.98 Å². The van der Waals surface area contributed by atoms with Gasteiger partial charge in [-0.2, -0.15) is 0 Å². The van der Waals surface area contributed by atoms with Gasteiger partial charge in [0.1, 0.15) is 11.6 Å². The first-order valence-corrected chi connectivity index (χ1v) is 8.88. The molecule has 1 unspecified atom stereocenters. The predicted octanol–water partition coefficient (Wildman–Crippen LogP) is 2.26. The molecular weight excluding hydrogens is 356 g/mol. The van der Waals surface area contributed by atoms with Gasteiger partial charge in [0.2, 0.25) is 0 Å². The molecule has 4 rings (SSSR count). The Bertz CT molecular complexity index is 715. The van der Waals surface area contributed by atoms with Gasteiger partial charge in [-0.15, -0.1) is 0 Å². The highest BCUT2D eigenvalue weighted by atomic mass is 79.9. The molecule has 0 saturated carbocycles. The van der Waals surface area contributed by atoms with E-state index in [1.807, 2.05) is 12.4 Å². The Labute approximate surface area is 144 Å². The topological polar surface area (TPSA) is 42.3 Å². The van der Waals surface area contributed by atoms with E-state index < -0.39 is 0 Å². The zero-order valence-corrected chi connectivity index (χ0v) is 14.8. The molecule has 0 bridgehead atoms. The third-order valence-electron chi connectivity index (χ3n) is 4.71. The fraction of sp³-hybridized carbons (Fsp3) is 0.471. The summed E-state index contributed by atoms with van der Waals surface area (Å²) in [5.74, 6) is 2.20. The minimum atomic E-state index is 0.291. The number of imidazole rings is 1. The maximum absolute atomic E-state index is 5.89. The fourth-order valence-corrected chi connectivity index (χ4v) is 4.12. The minimum Gasteiger partial charge on any atom is -0.493 e. The average molecular weight is 377 g/mol. The van der Waals surface area contributed by atoms with Crippen molar-refractivity contribution in [2.45, 2.75) is 19.0 Å². The molecule has 1 N–H and O–H groups in total. The summed E-state index contributed by atoms with van der Waals surface area (Å²) < 4.78 is 9.15. The van der Waals surface area contributed by atoms with Crippen molar-refractivity contribution in [3.8, 4) is 5.75 Å². The predicted molar refractivity (Wildman–Crippen MR) is 92.6 cm³/mol. The van der Waals surface area contributed by atoms with Crippen LogP contribution in [0, 0.1) is 0 Å². The van der Waals surface area contributed by atoms with E-state index >= 15 is 0 Å². The zero-order valence-electron chi connectivity index (χ0n) is 13.3. The third-order valence-corrected chi connectivity index (χ3v) is 5.17. The maximum Gasteiger partial charge on any atom is 0.127 e. The standard InChI is InChI=1S/C17H21BrN4O/c1-21-5-4-20-17(21)15-10-19-3-6-22(15)11-13-9-14(18)8-12-2-7-23-16(12)13/h4-5,8-9,15,19H,2-3,6-7,10-11H2,1H3. The zero-order chi connectivity index (χ0) is 15.8. The average Bonchev–Trinajstić information content (AvgIpc) is 3.16. The van der Waals surface area contributed by atoms with Crippen LogP contribution in [0.2, 0.25) is 0 Å². The minimum absolute atomic E-state index is 0.291. The first kappa shape index (κ1) is 15.2. The van der Waals surface area contributed by atoms with E-state index in [2.05, 4.69) is 54.9 Å². The molecule has 0 aliphatic carbocycles. The Balaban J connectivity index is 1.63. The van der Waals surface area contributed by atoms with Crippen LogP contribution in [-0.2, 0) is 20.0 Å². The van der Waals surface area contributed by atoms with Gasteiger partial charge in [-0.1, -0.05) is 15.9 Å². The second-order valence-electron chi connectivity index (χ2n) is 6.24. The number of nitrogens with zero attached hydrogens (tertiary/aromatic N) is 3. The molecule has 2 aliphatic rings. The number of fused-ring (bicyclic) bond motifs is 1. The third kappa shape index (κ3) is 2.91. The van der Waals surface area contributed by atoms with Crippen molar-refractivity contribution in [2.75, 3.05) is 26.2 Å². The Hall–Kier alpha value is -1.37. The number of hydrogen-bond acceptors (Lipinski definition) is 4. The van der Waals surface area contributed by atoms with Crippen LogP contribution in [0.15, 0.2) is 29.0 Å². The van der Waals surface area contributed by atoms with Gasteiger partial charge in [0.25, 0.3) is 0 Å². The van der Waals surface area contributed by atoms with Gasteiger partial charge in [0.05, 0.1) is 12.6 Å². The van der Waals surface area contributed by atoms with Crippen LogP contribution in [0.25, 0.3) is 0 Å². The second-order valence-corrected chi connectivity index (χ2v) is 7.15. The van der Waals surface area contributed by atoms with Gasteiger partial charge in [-0.3, -0.25) is 4.90 Å². The van der Waals surface area contributed by atoms with Crippen molar-refractivity contribution in [3.63, 3.8) is 0 Å². The summed E-state index contributed by atoms with van der Waals surface area (Å²) in [5.41, 5.74) is 2.59. The van der Waals surface area contributed by atoms with Gasteiger partial charge in [0, 0.05) is 62.1 Å². The fourth-order valence-electron chi connectivity index (χ4n) is 3.57. The molecule has 1 aromatic carbocycles. The first-order chi connectivity index (χ1) is 11.2. The van der Waals surface area contributed by atoms with Crippen molar-refractivity contribution >= 4 is 15.9 Å². The monoisotopic (exact) mass is 376 g/mol. The van der Waals surface area contributed by atoms with Crippen LogP contribution in [0.4, 0.5) is 0 Å². The SMILES string of the molecule is Cn1ccnc1C1CNCCN1Cc1cc(Br)cc2c1OCC2. The molecule has 1 aromatic heterocycles. The molecule has 5 nitrogen and oxygen atoms in total. The van der Waals surface area contributed by atoms with Crippen molar-refractivity contribution < 1.29 is 4.74 Å². The molecule has 0 spiro atoms. The highest BCUT2D eigenvalue weighted by Gasteiger charge is 2.28. The summed E-state index contributed by atoms with van der Waals surface area (Å²) >= 11 is 3.64. The van der Waals surface area contributed by atoms with Gasteiger partial charge in [0.15, 0.2) is 0 Å². The normalized spacial score (nSPS) is 21.2. The summed E-state index contributed by atoms with van der Waals surface area (Å²) in [6, 6.07) is 4.67. The van der Waals surface area contributed by atoms with Crippen LogP contribution in [0.1, 0.15) is 23.0 Å². The van der Waals surface area contributed by atoms with Crippen molar-refractivity contribution in [2.24, 2.45) is 7.05 Å². The summed E-state index contributed by atoms with van der Waals surface area (Å²) in [4.78, 5) is 7.06. The van der Waals surface area contributed by atoms with E-state index in [0.29, 0.717) is 6.04 Å². The lowest BCUT2D eigenvalue weighted by molar-refractivity contribution is 0.143. The van der Waals surface area contributed by atoms with Gasteiger partial charge >= 0.3 is 0 Å². The molecular formula is C17H21BrN4O. The number of aryl methyl sites for hydroxylation is 1. The Kier molecular flexibility index (Phi) is 4.13. The number of piperazine rings is 1. The highest BCUT2D eigenvalue weighted by Crippen LogP contribution is 2.35. The Morgan fingerprint density at radius 1 is 1.43 bits per heavy atom. The number of benzene rings is 1. The first-order valence-electron chi connectivity index (χ1n) is 8.08. The summed E-state index contributed by atoms with van der Waals surface area (Å²) in [6.45, 7) is 4.64. The van der Waals surface area contributed by atoms with Crippen molar-refractivity contribution in [3.05, 3.63) is 46.0 Å². The molecule has 0 amide bonds. The molecule has 1 saturated heterocycles. The Morgan fingerprint density at radius 2 is 2.35 bits per heavy atom. The number of ether oxygens (including phenoxy) is 1. The summed E-state index contributed by atoms with van der Waals surface area (Å²) in [5, 5.41) is 3.49. The van der Waals surface area contributed by atoms with Crippen molar-refractivity contribution in [1.29, 1.82) is 0 Å². The number of nitrogens with one attached hydrogen (secondary N) is 1. The molecule has 0 radical (unpaired) electrons. The maximum atomic E-state index is 5.89. The van der Waals surface area contributed by atoms with E-state index in [0.717, 1.165) is 55.3 Å². The quantitative estimate of drug-likeness (QED) is 0.891. The smallest absolute Gasteiger partial charge is 0.127 e. The molecule has 1 fully saturated rings. The lowest BCUT2D eigenvalue weighted by atomic mass is 10.1. The Morgan fingerprint density at radius 3 is 3.17 bits per heavy atom. The second kappa shape index (κ2) is 6.26. The van der Waals surface area contributed by atoms with Crippen molar-refractivity contribution in [1.82, 2.24) is 19.8 Å². The van der Waals surface area contributed by atoms with Gasteiger partial charge in [-0.05, 0) is 17.7 Å². The lowest BCUT2D eigenvalue weighted by Gasteiger charge is -2.36. The molecule has 1 atom stereocenters. The van der Waals surface area contributed by atoms with Crippen LogP contribution in [-0.4, -0.2) is 40.7 Å². The largest absolute Gasteiger partial charge is 0.493 e.